The van der Waals surface area contributed by atoms with Crippen LogP contribution in [-0.2, 0) is 4.79 Å². The van der Waals surface area contributed by atoms with E-state index in [-0.39, 0.29) is 5.91 Å². The molecule has 1 aliphatic heterocycles. The van der Waals surface area contributed by atoms with E-state index < -0.39 is 0 Å². The average molecular weight is 364 g/mol. The SMILES string of the molecule is CN1C(=O)CNC(=C2C=CC=C2)c2cc(I)ccc21. The van der Waals surface area contributed by atoms with Crippen molar-refractivity contribution in [1.82, 2.24) is 5.32 Å². The summed E-state index contributed by atoms with van der Waals surface area (Å²) >= 11 is 2.29. The second-order valence-corrected chi connectivity index (χ2v) is 5.76. The van der Waals surface area contributed by atoms with E-state index >= 15 is 0 Å². The fraction of sp³-hybridized carbons (Fsp3) is 0.133. The molecule has 1 aliphatic carbocycles. The van der Waals surface area contributed by atoms with E-state index in [4.69, 9.17) is 0 Å². The van der Waals surface area contributed by atoms with Crippen LogP contribution in [0, 0.1) is 3.57 Å². The van der Waals surface area contributed by atoms with Crippen LogP contribution in [0.3, 0.4) is 0 Å². The maximum absolute atomic E-state index is 12.0. The number of amides is 1. The van der Waals surface area contributed by atoms with Crippen molar-refractivity contribution in [3.05, 3.63) is 57.2 Å². The molecule has 96 valence electrons. The lowest BCUT2D eigenvalue weighted by Gasteiger charge is -2.17. The Kier molecular flexibility index (Phi) is 3.18. The number of carbonyl (C=O) groups is 1. The van der Waals surface area contributed by atoms with Crippen molar-refractivity contribution in [3.8, 4) is 0 Å². The van der Waals surface area contributed by atoms with E-state index in [1.54, 1.807) is 4.90 Å². The number of anilines is 1. The summed E-state index contributed by atoms with van der Waals surface area (Å²) in [5, 5.41) is 3.27. The fourth-order valence-electron chi connectivity index (χ4n) is 2.31. The van der Waals surface area contributed by atoms with Crippen LogP contribution in [0.1, 0.15) is 5.56 Å². The predicted octanol–water partition coefficient (Wildman–Crippen LogP) is 2.69. The Morgan fingerprint density at radius 1 is 1.26 bits per heavy atom. The number of nitrogens with one attached hydrogen (secondary N) is 1. The lowest BCUT2D eigenvalue weighted by molar-refractivity contribution is -0.117. The second kappa shape index (κ2) is 4.85. The van der Waals surface area contributed by atoms with Gasteiger partial charge in [0.25, 0.3) is 0 Å². The zero-order valence-electron chi connectivity index (χ0n) is 10.5. The van der Waals surface area contributed by atoms with Gasteiger partial charge in [0.05, 0.1) is 17.9 Å². The zero-order chi connectivity index (χ0) is 13.4. The third-order valence-corrected chi connectivity index (χ3v) is 4.00. The first kappa shape index (κ1) is 12.5. The molecular formula is C15H13IN2O. The number of rotatable bonds is 0. The van der Waals surface area contributed by atoms with Crippen molar-refractivity contribution in [3.63, 3.8) is 0 Å². The first-order chi connectivity index (χ1) is 9.16. The lowest BCUT2D eigenvalue weighted by Crippen LogP contribution is -2.32. The van der Waals surface area contributed by atoms with Crippen LogP contribution in [0.4, 0.5) is 5.69 Å². The molecule has 0 unspecified atom stereocenters. The fourth-order valence-corrected chi connectivity index (χ4v) is 2.80. The van der Waals surface area contributed by atoms with Crippen LogP contribution in [0.15, 0.2) is 48.1 Å². The number of hydrogen-bond acceptors (Lipinski definition) is 2. The van der Waals surface area contributed by atoms with E-state index in [9.17, 15) is 4.79 Å². The van der Waals surface area contributed by atoms with Gasteiger partial charge < -0.3 is 10.2 Å². The van der Waals surface area contributed by atoms with E-state index in [0.29, 0.717) is 6.54 Å². The van der Waals surface area contributed by atoms with Crippen molar-refractivity contribution in [2.45, 2.75) is 0 Å². The summed E-state index contributed by atoms with van der Waals surface area (Å²) < 4.78 is 1.16. The number of carbonyl (C=O) groups excluding carboxylic acids is 1. The molecule has 3 rings (SSSR count). The standard InChI is InChI=1S/C15H13IN2O/c1-18-13-7-6-11(16)8-12(13)15(17-9-14(18)19)10-4-2-3-5-10/h2-8,17H,9H2,1H3. The normalized spacial score (nSPS) is 17.6. The summed E-state index contributed by atoms with van der Waals surface area (Å²) in [6, 6.07) is 6.14. The molecular weight excluding hydrogens is 351 g/mol. The smallest absolute Gasteiger partial charge is 0.246 e. The molecule has 0 fully saturated rings. The minimum atomic E-state index is 0.0732. The maximum atomic E-state index is 12.0. The average Bonchev–Trinajstić information content (AvgIpc) is 2.88. The summed E-state index contributed by atoms with van der Waals surface area (Å²) in [6.45, 7) is 0.322. The van der Waals surface area contributed by atoms with Gasteiger partial charge in [0, 0.05) is 16.2 Å². The third-order valence-electron chi connectivity index (χ3n) is 3.33. The van der Waals surface area contributed by atoms with Crippen LogP contribution in [0.5, 0.6) is 0 Å². The Morgan fingerprint density at radius 3 is 2.74 bits per heavy atom. The number of fused-ring (bicyclic) bond motifs is 1. The molecule has 1 aromatic carbocycles. The maximum Gasteiger partial charge on any atom is 0.246 e. The molecule has 4 heteroatoms. The van der Waals surface area contributed by atoms with Crippen molar-refractivity contribution >= 4 is 39.9 Å². The first-order valence-corrected chi connectivity index (χ1v) is 7.14. The molecule has 0 atom stereocenters. The summed E-state index contributed by atoms with van der Waals surface area (Å²) in [6.07, 6.45) is 8.13. The molecule has 0 saturated carbocycles. The van der Waals surface area contributed by atoms with Gasteiger partial charge in [0.2, 0.25) is 5.91 Å². The van der Waals surface area contributed by atoms with Crippen molar-refractivity contribution in [2.24, 2.45) is 0 Å². The molecule has 0 saturated heterocycles. The minimum Gasteiger partial charge on any atom is -0.375 e. The lowest BCUT2D eigenvalue weighted by atomic mass is 10.0. The highest BCUT2D eigenvalue weighted by molar-refractivity contribution is 14.1. The molecule has 19 heavy (non-hydrogen) atoms. The third kappa shape index (κ3) is 2.20. The molecule has 1 N–H and O–H groups in total. The van der Waals surface area contributed by atoms with Crippen LogP contribution in [0.25, 0.3) is 5.70 Å². The van der Waals surface area contributed by atoms with Gasteiger partial charge in [-0.3, -0.25) is 4.79 Å². The highest BCUT2D eigenvalue weighted by atomic mass is 127. The van der Waals surface area contributed by atoms with E-state index in [1.165, 1.54) is 0 Å². The molecule has 2 aliphatic rings. The van der Waals surface area contributed by atoms with Gasteiger partial charge in [-0.1, -0.05) is 24.3 Å². The molecule has 1 aromatic rings. The first-order valence-electron chi connectivity index (χ1n) is 6.06. The molecule has 0 spiro atoms. The summed E-state index contributed by atoms with van der Waals surface area (Å²) in [4.78, 5) is 13.7. The Labute approximate surface area is 125 Å². The monoisotopic (exact) mass is 364 g/mol. The zero-order valence-corrected chi connectivity index (χ0v) is 12.6. The van der Waals surface area contributed by atoms with Gasteiger partial charge in [-0.2, -0.15) is 0 Å². The van der Waals surface area contributed by atoms with Crippen molar-refractivity contribution in [1.29, 1.82) is 0 Å². The summed E-state index contributed by atoms with van der Waals surface area (Å²) in [7, 11) is 1.82. The molecule has 3 nitrogen and oxygen atoms in total. The van der Waals surface area contributed by atoms with E-state index in [1.807, 2.05) is 31.3 Å². The molecule has 0 radical (unpaired) electrons. The largest absolute Gasteiger partial charge is 0.375 e. The van der Waals surface area contributed by atoms with Gasteiger partial charge in [0.1, 0.15) is 0 Å². The van der Waals surface area contributed by atoms with Crippen molar-refractivity contribution < 1.29 is 4.79 Å². The second-order valence-electron chi connectivity index (χ2n) is 4.52. The quantitative estimate of drug-likeness (QED) is 0.718. The number of nitrogens with zero attached hydrogens (tertiary/aromatic N) is 1. The van der Waals surface area contributed by atoms with Gasteiger partial charge in [-0.25, -0.2) is 0 Å². The van der Waals surface area contributed by atoms with Gasteiger partial charge in [-0.15, -0.1) is 0 Å². The highest BCUT2D eigenvalue weighted by Gasteiger charge is 2.23. The summed E-state index contributed by atoms with van der Waals surface area (Å²) in [5.41, 5.74) is 4.17. The van der Waals surface area contributed by atoms with Crippen LogP contribution in [0.2, 0.25) is 0 Å². The topological polar surface area (TPSA) is 32.3 Å². The number of benzene rings is 1. The summed E-state index contributed by atoms with van der Waals surface area (Å²) in [5.74, 6) is 0.0732. The van der Waals surface area contributed by atoms with Crippen LogP contribution in [-0.4, -0.2) is 19.5 Å². The minimum absolute atomic E-state index is 0.0732. The van der Waals surface area contributed by atoms with Crippen LogP contribution < -0.4 is 10.2 Å². The van der Waals surface area contributed by atoms with Crippen molar-refractivity contribution in [2.75, 3.05) is 18.5 Å². The van der Waals surface area contributed by atoms with Gasteiger partial charge >= 0.3 is 0 Å². The van der Waals surface area contributed by atoms with E-state index in [2.05, 4.69) is 46.1 Å². The Morgan fingerprint density at radius 2 is 2.00 bits per heavy atom. The number of likely N-dealkylation sites (N-methyl/N-ethyl adjacent to an activating group) is 1. The van der Waals surface area contributed by atoms with Gasteiger partial charge in [-0.05, 0) is 46.4 Å². The van der Waals surface area contributed by atoms with Gasteiger partial charge in [0.15, 0.2) is 0 Å². The molecule has 0 aromatic heterocycles. The molecule has 0 bridgehead atoms. The Hall–Kier alpha value is -1.56. The highest BCUT2D eigenvalue weighted by Crippen LogP contribution is 2.32. The predicted molar refractivity (Wildman–Crippen MR) is 85.8 cm³/mol. The number of halogens is 1. The molecule has 1 amide bonds. The Balaban J connectivity index is 2.25. The Bertz CT molecular complexity index is 630. The number of hydrogen-bond donors (Lipinski definition) is 1. The number of allylic oxidation sites excluding steroid dienone is 5. The van der Waals surface area contributed by atoms with Crippen LogP contribution >= 0.6 is 22.6 Å². The molecule has 1 heterocycles. The van der Waals surface area contributed by atoms with E-state index in [0.717, 1.165) is 26.1 Å².